The second-order valence-corrected chi connectivity index (χ2v) is 12.0. The average Bonchev–Trinajstić information content (AvgIpc) is 2.94. The summed E-state index contributed by atoms with van der Waals surface area (Å²) in [5.74, 6) is -0.429. The molecule has 2 unspecified atom stereocenters. The van der Waals surface area contributed by atoms with Crippen LogP contribution in [-0.4, -0.2) is 50.9 Å². The zero-order valence-electron chi connectivity index (χ0n) is 22.8. The molecular weight excluding hydrogens is 573 g/mol. The van der Waals surface area contributed by atoms with Crippen molar-refractivity contribution >= 4 is 50.7 Å². The number of ether oxygens (including phenoxy) is 1. The minimum Gasteiger partial charge on any atom is -0.497 e. The highest BCUT2D eigenvalue weighted by molar-refractivity contribution is 7.92. The van der Waals surface area contributed by atoms with Gasteiger partial charge in [0.25, 0.3) is 10.0 Å². The van der Waals surface area contributed by atoms with Crippen LogP contribution in [0.25, 0.3) is 0 Å². The van der Waals surface area contributed by atoms with Crippen molar-refractivity contribution in [1.29, 1.82) is 0 Å². The molecule has 0 aliphatic rings. The molecule has 0 saturated heterocycles. The normalized spacial score (nSPS) is 12.8. The minimum absolute atomic E-state index is 0.0278. The summed E-state index contributed by atoms with van der Waals surface area (Å²) in [5, 5.41) is 3.79. The van der Waals surface area contributed by atoms with Crippen LogP contribution in [0.5, 0.6) is 5.75 Å². The molecule has 0 bridgehead atoms. The fourth-order valence-corrected chi connectivity index (χ4v) is 5.64. The Kier molecular flexibility index (Phi) is 10.8. The first kappa shape index (κ1) is 31.3. The van der Waals surface area contributed by atoms with Crippen molar-refractivity contribution in [2.24, 2.45) is 0 Å². The van der Waals surface area contributed by atoms with E-state index >= 15 is 0 Å². The van der Waals surface area contributed by atoms with Crippen LogP contribution in [0.15, 0.2) is 77.7 Å². The van der Waals surface area contributed by atoms with Crippen LogP contribution in [0.4, 0.5) is 5.69 Å². The Hall–Kier alpha value is -3.27. The molecule has 0 aliphatic heterocycles. The third-order valence-electron chi connectivity index (χ3n) is 6.45. The minimum atomic E-state index is -4.20. The quantitative estimate of drug-likeness (QED) is 0.293. The fraction of sp³-hybridized carbons (Fsp3) is 0.310. The van der Waals surface area contributed by atoms with Gasteiger partial charge in [-0.2, -0.15) is 0 Å². The molecule has 0 radical (unpaired) electrons. The summed E-state index contributed by atoms with van der Waals surface area (Å²) < 4.78 is 33.9. The lowest BCUT2D eigenvalue weighted by Gasteiger charge is -2.32. The Bertz CT molecular complexity index is 1420. The third kappa shape index (κ3) is 7.90. The number of amides is 2. The van der Waals surface area contributed by atoms with Crippen molar-refractivity contribution in [1.82, 2.24) is 10.2 Å². The molecule has 1 N–H and O–H groups in total. The van der Waals surface area contributed by atoms with Crippen molar-refractivity contribution < 1.29 is 22.7 Å². The fourth-order valence-electron chi connectivity index (χ4n) is 3.89. The van der Waals surface area contributed by atoms with Gasteiger partial charge in [-0.15, -0.1) is 0 Å². The lowest BCUT2D eigenvalue weighted by atomic mass is 10.1. The van der Waals surface area contributed by atoms with E-state index in [-0.39, 0.29) is 29.1 Å². The molecule has 0 aromatic heterocycles. The first-order valence-corrected chi connectivity index (χ1v) is 14.9. The number of carbonyl (C=O) groups excluding carboxylic acids is 2. The van der Waals surface area contributed by atoms with Gasteiger partial charge in [0.1, 0.15) is 18.3 Å². The second kappa shape index (κ2) is 13.9. The van der Waals surface area contributed by atoms with Crippen LogP contribution in [-0.2, 0) is 26.2 Å². The number of halogens is 2. The van der Waals surface area contributed by atoms with Gasteiger partial charge >= 0.3 is 0 Å². The lowest BCUT2D eigenvalue weighted by molar-refractivity contribution is -0.139. The highest BCUT2D eigenvalue weighted by Crippen LogP contribution is 2.27. The van der Waals surface area contributed by atoms with E-state index in [2.05, 4.69) is 5.32 Å². The van der Waals surface area contributed by atoms with Crippen LogP contribution in [0.1, 0.15) is 32.8 Å². The molecule has 40 heavy (non-hydrogen) atoms. The molecule has 11 heteroatoms. The Balaban J connectivity index is 2.02. The van der Waals surface area contributed by atoms with Crippen LogP contribution in [0.2, 0.25) is 10.0 Å². The number of methoxy groups -OCH3 is 1. The van der Waals surface area contributed by atoms with Crippen molar-refractivity contribution in [3.8, 4) is 5.75 Å². The summed E-state index contributed by atoms with van der Waals surface area (Å²) in [6.07, 6.45) is 0.713. The lowest BCUT2D eigenvalue weighted by Crippen LogP contribution is -2.52. The van der Waals surface area contributed by atoms with Gasteiger partial charge in [0.15, 0.2) is 0 Å². The number of nitrogens with one attached hydrogen (secondary N) is 1. The van der Waals surface area contributed by atoms with Crippen molar-refractivity contribution in [3.63, 3.8) is 0 Å². The smallest absolute Gasteiger partial charge is 0.264 e. The molecular formula is C29H33Cl2N3O5S. The van der Waals surface area contributed by atoms with E-state index in [0.717, 1.165) is 4.31 Å². The number of benzene rings is 3. The molecule has 0 fully saturated rings. The van der Waals surface area contributed by atoms with Crippen molar-refractivity contribution in [3.05, 3.63) is 88.4 Å². The van der Waals surface area contributed by atoms with Crippen LogP contribution in [0, 0.1) is 0 Å². The highest BCUT2D eigenvalue weighted by Gasteiger charge is 2.32. The number of rotatable bonds is 12. The standard InChI is InChI=1S/C29H33Cl2N3O5S/c1-5-20(2)32-29(36)21(3)33(18-22-7-6-8-24(31)17-22)28(35)19-34(25-11-9-23(30)10-12-25)40(37,38)27-15-13-26(39-4)14-16-27/h6-17,20-21H,5,18-19H2,1-4H3,(H,32,36). The molecule has 3 aromatic carbocycles. The molecule has 2 amide bonds. The maximum absolute atomic E-state index is 13.9. The summed E-state index contributed by atoms with van der Waals surface area (Å²) >= 11 is 12.2. The van der Waals surface area contributed by atoms with Gasteiger partial charge < -0.3 is 15.0 Å². The first-order valence-electron chi connectivity index (χ1n) is 12.7. The molecule has 214 valence electrons. The van der Waals surface area contributed by atoms with Gasteiger partial charge in [0.2, 0.25) is 11.8 Å². The molecule has 0 spiro atoms. The van der Waals surface area contributed by atoms with E-state index in [1.54, 1.807) is 43.3 Å². The zero-order valence-corrected chi connectivity index (χ0v) is 25.1. The monoisotopic (exact) mass is 605 g/mol. The van der Waals surface area contributed by atoms with Crippen molar-refractivity contribution in [2.45, 2.75) is 50.7 Å². The maximum atomic E-state index is 13.9. The summed E-state index contributed by atoms with van der Waals surface area (Å²) in [6.45, 7) is 4.92. The first-order chi connectivity index (χ1) is 19.0. The zero-order chi connectivity index (χ0) is 29.4. The largest absolute Gasteiger partial charge is 0.497 e. The highest BCUT2D eigenvalue weighted by atomic mass is 35.5. The summed E-state index contributed by atoms with van der Waals surface area (Å²) in [6, 6.07) is 18.0. The Morgan fingerprint density at radius 2 is 1.60 bits per heavy atom. The topological polar surface area (TPSA) is 96.0 Å². The van der Waals surface area contributed by atoms with Gasteiger partial charge in [-0.3, -0.25) is 13.9 Å². The summed E-state index contributed by atoms with van der Waals surface area (Å²) in [5.41, 5.74) is 0.938. The van der Waals surface area contributed by atoms with Gasteiger partial charge in [-0.05, 0) is 86.5 Å². The van der Waals surface area contributed by atoms with Gasteiger partial charge in [-0.1, -0.05) is 42.3 Å². The van der Waals surface area contributed by atoms with Crippen molar-refractivity contribution in [2.75, 3.05) is 18.0 Å². The predicted molar refractivity (Wildman–Crippen MR) is 158 cm³/mol. The number of anilines is 1. The molecule has 8 nitrogen and oxygen atoms in total. The molecule has 0 heterocycles. The van der Waals surface area contributed by atoms with Crippen LogP contribution < -0.4 is 14.4 Å². The van der Waals surface area contributed by atoms with E-state index in [0.29, 0.717) is 27.8 Å². The van der Waals surface area contributed by atoms with E-state index < -0.39 is 28.5 Å². The number of sulfonamides is 1. The summed E-state index contributed by atoms with van der Waals surface area (Å²) in [4.78, 5) is 28.4. The van der Waals surface area contributed by atoms with Gasteiger partial charge in [-0.25, -0.2) is 8.42 Å². The van der Waals surface area contributed by atoms with E-state index in [4.69, 9.17) is 27.9 Å². The van der Waals surface area contributed by atoms with Crippen LogP contribution in [0.3, 0.4) is 0 Å². The molecule has 0 saturated carbocycles. The molecule has 2 atom stereocenters. The number of hydrogen-bond acceptors (Lipinski definition) is 5. The Morgan fingerprint density at radius 1 is 0.950 bits per heavy atom. The number of hydrogen-bond donors (Lipinski definition) is 1. The Labute approximate surface area is 245 Å². The number of carbonyl (C=O) groups is 2. The SMILES string of the molecule is CCC(C)NC(=O)C(C)N(Cc1cccc(Cl)c1)C(=O)CN(c1ccc(Cl)cc1)S(=O)(=O)c1ccc(OC)cc1. The van der Waals surface area contributed by atoms with Crippen LogP contribution >= 0.6 is 23.2 Å². The third-order valence-corrected chi connectivity index (χ3v) is 8.73. The maximum Gasteiger partial charge on any atom is 0.264 e. The number of nitrogens with zero attached hydrogens (tertiary/aromatic N) is 2. The second-order valence-electron chi connectivity index (χ2n) is 9.31. The Morgan fingerprint density at radius 3 is 2.17 bits per heavy atom. The van der Waals surface area contributed by atoms with E-state index in [1.165, 1.54) is 48.4 Å². The summed E-state index contributed by atoms with van der Waals surface area (Å²) in [7, 11) is -2.72. The van der Waals surface area contributed by atoms with E-state index in [1.807, 2.05) is 13.8 Å². The predicted octanol–water partition coefficient (Wildman–Crippen LogP) is 5.53. The molecule has 3 rings (SSSR count). The van der Waals surface area contributed by atoms with Gasteiger partial charge in [0.05, 0.1) is 17.7 Å². The average molecular weight is 607 g/mol. The molecule has 0 aliphatic carbocycles. The van der Waals surface area contributed by atoms with Gasteiger partial charge in [0, 0.05) is 22.6 Å². The molecule has 3 aromatic rings. The van der Waals surface area contributed by atoms with E-state index in [9.17, 15) is 18.0 Å².